The van der Waals surface area contributed by atoms with Crippen LogP contribution in [0.1, 0.15) is 22.8 Å². The van der Waals surface area contributed by atoms with Crippen molar-refractivity contribution in [1.29, 1.82) is 0 Å². The topological polar surface area (TPSA) is 64.6 Å². The molecule has 0 aromatic heterocycles. The number of ether oxygens (including phenoxy) is 2. The maximum absolute atomic E-state index is 12.8. The minimum atomic E-state index is -2.96. The average molecular weight is 367 g/mol. The van der Waals surface area contributed by atoms with Crippen LogP contribution in [0, 0.1) is 5.82 Å². The van der Waals surface area contributed by atoms with E-state index in [1.807, 2.05) is 0 Å². The first-order valence-electron chi connectivity index (χ1n) is 7.63. The number of hydrogen-bond donors (Lipinski definition) is 1. The molecule has 0 spiro atoms. The Morgan fingerprint density at radius 2 is 1.65 bits per heavy atom. The number of esters is 1. The zero-order valence-electron chi connectivity index (χ0n) is 13.7. The zero-order chi connectivity index (χ0) is 19.1. The van der Waals surface area contributed by atoms with Gasteiger partial charge < -0.3 is 14.8 Å². The van der Waals surface area contributed by atoms with Crippen molar-refractivity contribution in [3.63, 3.8) is 0 Å². The van der Waals surface area contributed by atoms with Crippen molar-refractivity contribution in [3.05, 3.63) is 65.5 Å². The van der Waals surface area contributed by atoms with Gasteiger partial charge in [0.05, 0.1) is 5.56 Å². The molecule has 1 atom stereocenters. The number of rotatable bonds is 7. The van der Waals surface area contributed by atoms with Gasteiger partial charge in [0.1, 0.15) is 11.6 Å². The highest BCUT2D eigenvalue weighted by atomic mass is 19.3. The summed E-state index contributed by atoms with van der Waals surface area (Å²) in [5, 5.41) is 2.56. The summed E-state index contributed by atoms with van der Waals surface area (Å²) in [6, 6.07) is 10.5. The third kappa shape index (κ3) is 5.80. The second-order valence-electron chi connectivity index (χ2n) is 5.29. The summed E-state index contributed by atoms with van der Waals surface area (Å²) >= 11 is 0. The Morgan fingerprint density at radius 1 is 1.04 bits per heavy atom. The number of benzene rings is 2. The minimum Gasteiger partial charge on any atom is -0.449 e. The predicted octanol–water partition coefficient (Wildman–Crippen LogP) is 3.29. The van der Waals surface area contributed by atoms with Gasteiger partial charge in [0.15, 0.2) is 6.10 Å². The molecule has 0 radical (unpaired) electrons. The Balaban J connectivity index is 1.85. The highest BCUT2D eigenvalue weighted by Crippen LogP contribution is 2.16. The Bertz CT molecular complexity index is 748. The van der Waals surface area contributed by atoms with Crippen LogP contribution >= 0.6 is 0 Å². The molecule has 0 unspecified atom stereocenters. The van der Waals surface area contributed by atoms with E-state index in [0.717, 1.165) is 0 Å². The van der Waals surface area contributed by atoms with Crippen molar-refractivity contribution in [3.8, 4) is 5.75 Å². The molecule has 0 fully saturated rings. The maximum atomic E-state index is 12.8. The Labute approximate surface area is 147 Å². The molecule has 0 saturated carbocycles. The van der Waals surface area contributed by atoms with E-state index in [1.165, 1.54) is 55.5 Å². The molecule has 0 bridgehead atoms. The van der Waals surface area contributed by atoms with Gasteiger partial charge in [-0.15, -0.1) is 0 Å². The van der Waals surface area contributed by atoms with Crippen LogP contribution < -0.4 is 10.1 Å². The number of nitrogens with one attached hydrogen (secondary N) is 1. The number of carbonyl (C=O) groups excluding carboxylic acids is 2. The molecule has 0 aliphatic rings. The van der Waals surface area contributed by atoms with Crippen molar-refractivity contribution < 1.29 is 32.2 Å². The molecule has 0 aliphatic heterocycles. The average Bonchev–Trinajstić information content (AvgIpc) is 2.61. The van der Waals surface area contributed by atoms with E-state index in [2.05, 4.69) is 10.1 Å². The summed E-state index contributed by atoms with van der Waals surface area (Å²) in [6.07, 6.45) is -1.07. The first kappa shape index (κ1) is 19.3. The van der Waals surface area contributed by atoms with Crippen LogP contribution in [0.15, 0.2) is 48.5 Å². The fraction of sp³-hybridized carbons (Fsp3) is 0.222. The molecule has 5 nitrogen and oxygen atoms in total. The largest absolute Gasteiger partial charge is 0.449 e. The van der Waals surface area contributed by atoms with E-state index < -0.39 is 24.6 Å². The van der Waals surface area contributed by atoms with Crippen LogP contribution in [-0.2, 0) is 16.1 Å². The van der Waals surface area contributed by atoms with Crippen LogP contribution in [0.4, 0.5) is 13.2 Å². The quantitative estimate of drug-likeness (QED) is 0.763. The second-order valence-corrected chi connectivity index (χ2v) is 5.29. The number of alkyl halides is 2. The Morgan fingerprint density at radius 3 is 2.23 bits per heavy atom. The van der Waals surface area contributed by atoms with E-state index in [0.29, 0.717) is 5.56 Å². The third-order valence-corrected chi connectivity index (χ3v) is 3.35. The zero-order valence-corrected chi connectivity index (χ0v) is 13.7. The van der Waals surface area contributed by atoms with Gasteiger partial charge >= 0.3 is 12.6 Å². The van der Waals surface area contributed by atoms with Crippen molar-refractivity contribution in [1.82, 2.24) is 5.32 Å². The van der Waals surface area contributed by atoms with Gasteiger partial charge in [-0.25, -0.2) is 9.18 Å². The lowest BCUT2D eigenvalue weighted by Gasteiger charge is -2.14. The molecule has 0 heterocycles. The first-order chi connectivity index (χ1) is 12.3. The summed E-state index contributed by atoms with van der Waals surface area (Å²) in [4.78, 5) is 23.9. The standard InChI is InChI=1S/C18H16F3NO4/c1-11(16(23)22-10-12-2-6-14(19)7-3-12)25-17(24)13-4-8-15(9-5-13)26-18(20)21/h2-9,11,18H,10H2,1H3,(H,22,23)/t11-/m0/s1. The van der Waals surface area contributed by atoms with E-state index >= 15 is 0 Å². The second kappa shape index (κ2) is 8.89. The van der Waals surface area contributed by atoms with Crippen molar-refractivity contribution in [2.75, 3.05) is 0 Å². The molecular formula is C18H16F3NO4. The number of amides is 1. The fourth-order valence-corrected chi connectivity index (χ4v) is 1.99. The van der Waals surface area contributed by atoms with Crippen molar-refractivity contribution in [2.45, 2.75) is 26.2 Å². The van der Waals surface area contributed by atoms with Gasteiger partial charge in [0, 0.05) is 6.54 Å². The van der Waals surface area contributed by atoms with Crippen LogP contribution in [0.2, 0.25) is 0 Å². The van der Waals surface area contributed by atoms with Crippen molar-refractivity contribution in [2.24, 2.45) is 0 Å². The Kier molecular flexibility index (Phi) is 6.60. The van der Waals surface area contributed by atoms with Gasteiger partial charge in [-0.05, 0) is 48.9 Å². The van der Waals surface area contributed by atoms with Crippen LogP contribution in [0.5, 0.6) is 5.75 Å². The summed E-state index contributed by atoms with van der Waals surface area (Å²) in [6.45, 7) is -1.41. The van der Waals surface area contributed by atoms with E-state index in [1.54, 1.807) is 0 Å². The minimum absolute atomic E-state index is 0.0878. The predicted molar refractivity (Wildman–Crippen MR) is 86.2 cm³/mol. The number of hydrogen-bond acceptors (Lipinski definition) is 4. The van der Waals surface area contributed by atoms with Crippen LogP contribution in [-0.4, -0.2) is 24.6 Å². The third-order valence-electron chi connectivity index (χ3n) is 3.35. The van der Waals surface area contributed by atoms with Gasteiger partial charge in [-0.3, -0.25) is 4.79 Å². The summed E-state index contributed by atoms with van der Waals surface area (Å²) in [5.74, 6) is -1.78. The molecule has 2 aromatic rings. The van der Waals surface area contributed by atoms with Crippen LogP contribution in [0.3, 0.4) is 0 Å². The van der Waals surface area contributed by atoms with Crippen molar-refractivity contribution >= 4 is 11.9 Å². The van der Waals surface area contributed by atoms with Gasteiger partial charge in [0.25, 0.3) is 5.91 Å². The molecule has 2 aromatic carbocycles. The molecule has 8 heteroatoms. The Hall–Kier alpha value is -3.03. The number of halogens is 3. The number of carbonyl (C=O) groups is 2. The lowest BCUT2D eigenvalue weighted by molar-refractivity contribution is -0.129. The maximum Gasteiger partial charge on any atom is 0.387 e. The summed E-state index contributed by atoms with van der Waals surface area (Å²) in [5.41, 5.74) is 0.776. The lowest BCUT2D eigenvalue weighted by atomic mass is 10.2. The van der Waals surface area contributed by atoms with Gasteiger partial charge in [-0.2, -0.15) is 8.78 Å². The molecular weight excluding hydrogens is 351 g/mol. The molecule has 26 heavy (non-hydrogen) atoms. The molecule has 2 rings (SSSR count). The smallest absolute Gasteiger partial charge is 0.387 e. The van der Waals surface area contributed by atoms with E-state index in [-0.39, 0.29) is 23.7 Å². The first-order valence-corrected chi connectivity index (χ1v) is 7.63. The molecule has 0 saturated heterocycles. The SMILES string of the molecule is C[C@H](OC(=O)c1ccc(OC(F)F)cc1)C(=O)NCc1ccc(F)cc1. The van der Waals surface area contributed by atoms with Gasteiger partial charge in [-0.1, -0.05) is 12.1 Å². The molecule has 138 valence electrons. The van der Waals surface area contributed by atoms with E-state index in [9.17, 15) is 22.8 Å². The monoisotopic (exact) mass is 367 g/mol. The van der Waals surface area contributed by atoms with Gasteiger partial charge in [0.2, 0.25) is 0 Å². The fourth-order valence-electron chi connectivity index (χ4n) is 1.99. The normalized spacial score (nSPS) is 11.7. The highest BCUT2D eigenvalue weighted by Gasteiger charge is 2.19. The summed E-state index contributed by atoms with van der Waals surface area (Å²) < 4.78 is 46.2. The molecule has 1 N–H and O–H groups in total. The highest BCUT2D eigenvalue weighted by molar-refractivity contribution is 5.92. The summed E-state index contributed by atoms with van der Waals surface area (Å²) in [7, 11) is 0. The van der Waals surface area contributed by atoms with Crippen LogP contribution in [0.25, 0.3) is 0 Å². The molecule has 0 aliphatic carbocycles. The molecule has 1 amide bonds. The van der Waals surface area contributed by atoms with E-state index in [4.69, 9.17) is 4.74 Å². The lowest BCUT2D eigenvalue weighted by Crippen LogP contribution is -2.35.